The number of aromatic nitrogens is 1. The van der Waals surface area contributed by atoms with Crippen LogP contribution < -0.4 is 5.32 Å². The van der Waals surface area contributed by atoms with Gasteiger partial charge in [0.2, 0.25) is 0 Å². The summed E-state index contributed by atoms with van der Waals surface area (Å²) in [5.74, 6) is 0.647. The van der Waals surface area contributed by atoms with Crippen molar-refractivity contribution in [3.05, 3.63) is 22.8 Å². The molecule has 1 fully saturated rings. The van der Waals surface area contributed by atoms with Crippen molar-refractivity contribution >= 4 is 23.3 Å². The average Bonchev–Trinajstić information content (AvgIpc) is 3.29. The quantitative estimate of drug-likeness (QED) is 0.750. The van der Waals surface area contributed by atoms with Gasteiger partial charge in [-0.2, -0.15) is 0 Å². The van der Waals surface area contributed by atoms with Gasteiger partial charge in [0.1, 0.15) is 11.0 Å². The Bertz CT molecular complexity index is 492. The summed E-state index contributed by atoms with van der Waals surface area (Å²) in [6.07, 6.45) is 3.12. The minimum atomic E-state index is -0.00148. The smallest absolute Gasteiger partial charge is 0.254 e. The van der Waals surface area contributed by atoms with Crippen LogP contribution in [0.15, 0.2) is 12.1 Å². The summed E-state index contributed by atoms with van der Waals surface area (Å²) < 4.78 is 5.09. The van der Waals surface area contributed by atoms with Crippen molar-refractivity contribution in [3.8, 4) is 0 Å². The van der Waals surface area contributed by atoms with Gasteiger partial charge in [-0.15, -0.1) is 0 Å². The molecule has 1 N–H and O–H groups in total. The van der Waals surface area contributed by atoms with Gasteiger partial charge in [0.15, 0.2) is 0 Å². The highest BCUT2D eigenvalue weighted by atomic mass is 35.5. The van der Waals surface area contributed by atoms with Crippen molar-refractivity contribution in [1.82, 2.24) is 9.88 Å². The maximum Gasteiger partial charge on any atom is 0.254 e. The molecule has 1 aromatic heterocycles. The molecule has 0 saturated heterocycles. The van der Waals surface area contributed by atoms with Gasteiger partial charge >= 0.3 is 0 Å². The molecule has 0 atom stereocenters. The first-order valence-corrected chi connectivity index (χ1v) is 7.75. The molecule has 1 heterocycles. The number of methoxy groups -OCH3 is 1. The number of rotatable bonds is 8. The van der Waals surface area contributed by atoms with Gasteiger partial charge in [0, 0.05) is 31.8 Å². The monoisotopic (exact) mass is 311 g/mol. The lowest BCUT2D eigenvalue weighted by atomic mass is 10.2. The lowest BCUT2D eigenvalue weighted by Gasteiger charge is -2.22. The van der Waals surface area contributed by atoms with E-state index in [1.165, 1.54) is 0 Å². The topological polar surface area (TPSA) is 54.5 Å². The third kappa shape index (κ3) is 4.58. The van der Waals surface area contributed by atoms with Crippen LogP contribution in [0.25, 0.3) is 0 Å². The van der Waals surface area contributed by atoms with Gasteiger partial charge in [0.25, 0.3) is 5.91 Å². The summed E-state index contributed by atoms with van der Waals surface area (Å²) >= 11 is 6.03. The summed E-state index contributed by atoms with van der Waals surface area (Å²) in [5.41, 5.74) is 0.580. The van der Waals surface area contributed by atoms with Gasteiger partial charge in [-0.05, 0) is 31.4 Å². The molecule has 1 aromatic rings. The molecule has 0 unspecified atom stereocenters. The predicted molar refractivity (Wildman–Crippen MR) is 84.0 cm³/mol. The SMILES string of the molecule is CCCNc1cc(C(=O)N(CCOC)C2CC2)cc(Cl)n1. The van der Waals surface area contributed by atoms with E-state index in [-0.39, 0.29) is 5.91 Å². The highest BCUT2D eigenvalue weighted by molar-refractivity contribution is 6.29. The zero-order valence-electron chi connectivity index (χ0n) is 12.6. The minimum absolute atomic E-state index is 0.00148. The summed E-state index contributed by atoms with van der Waals surface area (Å²) in [6.45, 7) is 4.03. The van der Waals surface area contributed by atoms with Crippen LogP contribution in [0.2, 0.25) is 5.15 Å². The largest absolute Gasteiger partial charge is 0.383 e. The fourth-order valence-corrected chi connectivity index (χ4v) is 2.36. The van der Waals surface area contributed by atoms with Gasteiger partial charge in [-0.25, -0.2) is 4.98 Å². The molecule has 1 saturated carbocycles. The van der Waals surface area contributed by atoms with Crippen molar-refractivity contribution in [2.24, 2.45) is 0 Å². The van der Waals surface area contributed by atoms with E-state index in [1.807, 2.05) is 4.90 Å². The second kappa shape index (κ2) is 7.61. The minimum Gasteiger partial charge on any atom is -0.383 e. The van der Waals surface area contributed by atoms with Crippen molar-refractivity contribution in [2.45, 2.75) is 32.2 Å². The van der Waals surface area contributed by atoms with Crippen LogP contribution in [0.4, 0.5) is 5.82 Å². The average molecular weight is 312 g/mol. The number of ether oxygens (including phenoxy) is 1. The normalized spacial score (nSPS) is 14.0. The predicted octanol–water partition coefficient (Wildman–Crippen LogP) is 2.81. The highest BCUT2D eigenvalue weighted by Gasteiger charge is 2.33. The molecule has 0 radical (unpaired) electrons. The van der Waals surface area contributed by atoms with Crippen LogP contribution in [-0.4, -0.2) is 48.6 Å². The number of carbonyl (C=O) groups excluding carboxylic acids is 1. The molecular formula is C15H22ClN3O2. The fourth-order valence-electron chi connectivity index (χ4n) is 2.16. The van der Waals surface area contributed by atoms with E-state index in [0.717, 1.165) is 25.8 Å². The van der Waals surface area contributed by atoms with E-state index in [9.17, 15) is 4.79 Å². The molecule has 1 amide bonds. The molecule has 1 aliphatic carbocycles. The number of hydrogen-bond acceptors (Lipinski definition) is 4. The van der Waals surface area contributed by atoms with Crippen LogP contribution >= 0.6 is 11.6 Å². The second-order valence-corrected chi connectivity index (χ2v) is 5.60. The lowest BCUT2D eigenvalue weighted by molar-refractivity contribution is 0.0680. The Morgan fingerprint density at radius 2 is 2.29 bits per heavy atom. The first-order valence-electron chi connectivity index (χ1n) is 7.37. The van der Waals surface area contributed by atoms with Crippen LogP contribution in [0.1, 0.15) is 36.5 Å². The van der Waals surface area contributed by atoms with E-state index >= 15 is 0 Å². The van der Waals surface area contributed by atoms with Gasteiger partial charge in [-0.3, -0.25) is 4.79 Å². The number of carbonyl (C=O) groups is 1. The third-order valence-electron chi connectivity index (χ3n) is 3.38. The van der Waals surface area contributed by atoms with E-state index in [4.69, 9.17) is 16.3 Å². The molecule has 0 spiro atoms. The molecule has 0 aromatic carbocycles. The third-order valence-corrected chi connectivity index (χ3v) is 3.58. The Hall–Kier alpha value is -1.33. The molecule has 21 heavy (non-hydrogen) atoms. The molecule has 5 nitrogen and oxygen atoms in total. The van der Waals surface area contributed by atoms with E-state index < -0.39 is 0 Å². The Balaban J connectivity index is 2.14. The van der Waals surface area contributed by atoms with Crippen molar-refractivity contribution in [2.75, 3.05) is 32.1 Å². The number of hydrogen-bond donors (Lipinski definition) is 1. The number of halogens is 1. The zero-order valence-corrected chi connectivity index (χ0v) is 13.3. The molecular weight excluding hydrogens is 290 g/mol. The fraction of sp³-hybridized carbons (Fsp3) is 0.600. The Morgan fingerprint density at radius 1 is 1.52 bits per heavy atom. The number of anilines is 1. The van der Waals surface area contributed by atoms with E-state index in [0.29, 0.717) is 35.7 Å². The summed E-state index contributed by atoms with van der Waals surface area (Å²) in [4.78, 5) is 18.7. The maximum absolute atomic E-state index is 12.7. The number of nitrogens with one attached hydrogen (secondary N) is 1. The van der Waals surface area contributed by atoms with E-state index in [1.54, 1.807) is 19.2 Å². The molecule has 116 valence electrons. The van der Waals surface area contributed by atoms with Gasteiger partial charge in [0.05, 0.1) is 6.61 Å². The first-order chi connectivity index (χ1) is 10.2. The maximum atomic E-state index is 12.7. The standard InChI is InChI=1S/C15H22ClN3O2/c1-3-6-17-14-10-11(9-13(16)18-14)15(20)19(7-8-21-2)12-4-5-12/h9-10,12H,3-8H2,1-2H3,(H,17,18). The van der Waals surface area contributed by atoms with Crippen molar-refractivity contribution in [1.29, 1.82) is 0 Å². The van der Waals surface area contributed by atoms with Crippen LogP contribution in [0, 0.1) is 0 Å². The van der Waals surface area contributed by atoms with Crippen molar-refractivity contribution in [3.63, 3.8) is 0 Å². The molecule has 0 bridgehead atoms. The number of amides is 1. The highest BCUT2D eigenvalue weighted by Crippen LogP contribution is 2.28. The zero-order chi connectivity index (χ0) is 15.2. The van der Waals surface area contributed by atoms with Crippen LogP contribution in [0.5, 0.6) is 0 Å². The summed E-state index contributed by atoms with van der Waals surface area (Å²) in [6, 6.07) is 3.74. The van der Waals surface area contributed by atoms with Gasteiger partial charge < -0.3 is 15.0 Å². The molecule has 6 heteroatoms. The molecule has 2 rings (SSSR count). The van der Waals surface area contributed by atoms with E-state index in [2.05, 4.69) is 17.2 Å². The lowest BCUT2D eigenvalue weighted by Crippen LogP contribution is -2.35. The molecule has 0 aliphatic heterocycles. The molecule has 1 aliphatic rings. The number of pyridine rings is 1. The second-order valence-electron chi connectivity index (χ2n) is 5.21. The van der Waals surface area contributed by atoms with Crippen LogP contribution in [-0.2, 0) is 4.74 Å². The Kier molecular flexibility index (Phi) is 5.82. The van der Waals surface area contributed by atoms with Crippen LogP contribution in [0.3, 0.4) is 0 Å². The summed E-state index contributed by atoms with van der Waals surface area (Å²) in [7, 11) is 1.64. The Labute approximate surface area is 130 Å². The van der Waals surface area contributed by atoms with Crippen molar-refractivity contribution < 1.29 is 9.53 Å². The first kappa shape index (κ1) is 16.0. The number of nitrogens with zero attached hydrogens (tertiary/aromatic N) is 2. The summed E-state index contributed by atoms with van der Waals surface area (Å²) in [5, 5.41) is 3.50. The Morgan fingerprint density at radius 3 is 2.90 bits per heavy atom. The van der Waals surface area contributed by atoms with Gasteiger partial charge in [-0.1, -0.05) is 18.5 Å².